The Labute approximate surface area is 111 Å². The van der Waals surface area contributed by atoms with E-state index in [4.69, 9.17) is 5.73 Å². The first-order valence-electron chi connectivity index (χ1n) is 5.31. The molecule has 96 valence electrons. The molecule has 0 radical (unpaired) electrons. The number of nitrogen functional groups attached to an aromatic ring is 1. The summed E-state index contributed by atoms with van der Waals surface area (Å²) in [4.78, 5) is 0. The van der Waals surface area contributed by atoms with E-state index in [0.717, 1.165) is 5.56 Å². The van der Waals surface area contributed by atoms with E-state index >= 15 is 0 Å². The molecule has 0 fully saturated rings. The normalized spacial score (nSPS) is 11.4. The van der Waals surface area contributed by atoms with Crippen LogP contribution in [0.4, 0.5) is 11.4 Å². The monoisotopic (exact) mass is 282 g/mol. The first-order valence-corrected chi connectivity index (χ1v) is 7.63. The molecule has 6 heteroatoms. The van der Waals surface area contributed by atoms with E-state index < -0.39 is 10.0 Å². The lowest BCUT2D eigenvalue weighted by Crippen LogP contribution is -2.25. The quantitative estimate of drug-likeness (QED) is 0.880. The molecule has 0 bridgehead atoms. The summed E-state index contributed by atoms with van der Waals surface area (Å²) >= 11 is 1.20. The van der Waals surface area contributed by atoms with Gasteiger partial charge in [-0.05, 0) is 36.1 Å². The van der Waals surface area contributed by atoms with Crippen LogP contribution in [0.3, 0.4) is 0 Å². The van der Waals surface area contributed by atoms with Crippen molar-refractivity contribution in [3.63, 3.8) is 0 Å². The zero-order chi connectivity index (χ0) is 13.3. The van der Waals surface area contributed by atoms with E-state index in [0.29, 0.717) is 15.6 Å². The largest absolute Gasteiger partial charge is 0.398 e. The summed E-state index contributed by atoms with van der Waals surface area (Å²) in [5.41, 5.74) is 7.88. The Kier molecular flexibility index (Phi) is 3.32. The van der Waals surface area contributed by atoms with Crippen molar-refractivity contribution >= 4 is 32.7 Å². The Morgan fingerprint density at radius 1 is 1.28 bits per heavy atom. The van der Waals surface area contributed by atoms with E-state index in [-0.39, 0.29) is 0 Å². The molecule has 2 rings (SSSR count). The van der Waals surface area contributed by atoms with Crippen LogP contribution < -0.4 is 10.0 Å². The fraction of sp³-hybridized carbons (Fsp3) is 0.167. The van der Waals surface area contributed by atoms with Crippen molar-refractivity contribution in [2.75, 3.05) is 17.1 Å². The summed E-state index contributed by atoms with van der Waals surface area (Å²) in [5.74, 6) is 0. The maximum Gasteiger partial charge on any atom is 0.273 e. The molecule has 0 saturated heterocycles. The number of nitrogens with two attached hydrogens (primary N) is 1. The summed E-state index contributed by atoms with van der Waals surface area (Å²) in [6, 6.07) is 8.53. The van der Waals surface area contributed by atoms with Gasteiger partial charge in [0.05, 0.1) is 5.69 Å². The van der Waals surface area contributed by atoms with Crippen molar-refractivity contribution in [3.8, 4) is 0 Å². The highest BCUT2D eigenvalue weighted by Gasteiger charge is 2.22. The Bertz CT molecular complexity index is 649. The van der Waals surface area contributed by atoms with Gasteiger partial charge in [0.2, 0.25) is 0 Å². The second kappa shape index (κ2) is 4.62. The van der Waals surface area contributed by atoms with Gasteiger partial charge < -0.3 is 5.73 Å². The molecule has 2 aromatic rings. The number of hydrogen-bond donors (Lipinski definition) is 1. The Morgan fingerprint density at radius 2 is 2.00 bits per heavy atom. The third kappa shape index (κ3) is 2.21. The smallest absolute Gasteiger partial charge is 0.273 e. The Hall–Kier alpha value is -1.53. The maximum absolute atomic E-state index is 12.3. The van der Waals surface area contributed by atoms with Gasteiger partial charge in [0.15, 0.2) is 0 Å². The molecule has 1 aromatic carbocycles. The van der Waals surface area contributed by atoms with Gasteiger partial charge >= 0.3 is 0 Å². The zero-order valence-corrected chi connectivity index (χ0v) is 11.8. The Balaban J connectivity index is 2.43. The van der Waals surface area contributed by atoms with Gasteiger partial charge in [-0.25, -0.2) is 8.42 Å². The van der Waals surface area contributed by atoms with Crippen LogP contribution in [0.1, 0.15) is 5.56 Å². The van der Waals surface area contributed by atoms with Gasteiger partial charge in [-0.1, -0.05) is 12.1 Å². The first-order chi connectivity index (χ1) is 8.43. The number of sulfonamides is 1. The lowest BCUT2D eigenvalue weighted by atomic mass is 10.2. The van der Waals surface area contributed by atoms with E-state index in [1.165, 1.54) is 22.7 Å². The molecule has 1 aromatic heterocycles. The molecular weight excluding hydrogens is 268 g/mol. The molecule has 0 atom stereocenters. The van der Waals surface area contributed by atoms with Crippen LogP contribution in [0.25, 0.3) is 0 Å². The van der Waals surface area contributed by atoms with Crippen LogP contribution in [0.5, 0.6) is 0 Å². The summed E-state index contributed by atoms with van der Waals surface area (Å²) < 4.78 is 26.1. The molecule has 0 aliphatic heterocycles. The van der Waals surface area contributed by atoms with Crippen LogP contribution >= 0.6 is 11.3 Å². The van der Waals surface area contributed by atoms with Crippen molar-refractivity contribution in [2.45, 2.75) is 11.1 Å². The lowest BCUT2D eigenvalue weighted by Gasteiger charge is -2.19. The molecule has 0 spiro atoms. The third-order valence-corrected chi connectivity index (χ3v) is 5.89. The Morgan fingerprint density at radius 3 is 2.56 bits per heavy atom. The van der Waals surface area contributed by atoms with E-state index in [2.05, 4.69) is 0 Å². The van der Waals surface area contributed by atoms with Crippen LogP contribution in [0.15, 0.2) is 39.9 Å². The summed E-state index contributed by atoms with van der Waals surface area (Å²) in [6.07, 6.45) is 0. The van der Waals surface area contributed by atoms with Gasteiger partial charge in [-0.2, -0.15) is 0 Å². The highest BCUT2D eigenvalue weighted by Crippen LogP contribution is 2.27. The van der Waals surface area contributed by atoms with Crippen molar-refractivity contribution in [2.24, 2.45) is 0 Å². The highest BCUT2D eigenvalue weighted by molar-refractivity contribution is 7.94. The molecule has 1 heterocycles. The van der Waals surface area contributed by atoms with Crippen LogP contribution in [0, 0.1) is 6.92 Å². The predicted octanol–water partition coefficient (Wildman–Crippen LogP) is 2.46. The number of nitrogens with zero attached hydrogens (tertiary/aromatic N) is 1. The topological polar surface area (TPSA) is 63.4 Å². The third-order valence-electron chi connectivity index (χ3n) is 2.74. The van der Waals surface area contributed by atoms with Crippen molar-refractivity contribution < 1.29 is 8.42 Å². The first kappa shape index (κ1) is 12.9. The SMILES string of the molecule is Cc1ccc(N(C)S(=O)(=O)c2cccs2)cc1N. The molecule has 0 aliphatic carbocycles. The molecule has 0 amide bonds. The summed E-state index contributed by atoms with van der Waals surface area (Å²) in [5, 5.41) is 1.74. The van der Waals surface area contributed by atoms with Crippen LogP contribution in [-0.4, -0.2) is 15.5 Å². The highest BCUT2D eigenvalue weighted by atomic mass is 32.2. The fourth-order valence-corrected chi connectivity index (χ4v) is 3.86. The number of thiophene rings is 1. The van der Waals surface area contributed by atoms with Gasteiger partial charge in [0.25, 0.3) is 10.0 Å². The number of anilines is 2. The van der Waals surface area contributed by atoms with Gasteiger partial charge in [0, 0.05) is 12.7 Å². The van der Waals surface area contributed by atoms with Gasteiger partial charge in [-0.3, -0.25) is 4.31 Å². The van der Waals surface area contributed by atoms with E-state index in [9.17, 15) is 8.42 Å². The minimum atomic E-state index is -3.48. The maximum atomic E-state index is 12.3. The summed E-state index contributed by atoms with van der Waals surface area (Å²) in [6.45, 7) is 1.88. The van der Waals surface area contributed by atoms with Crippen LogP contribution in [-0.2, 0) is 10.0 Å². The average Bonchev–Trinajstić information content (AvgIpc) is 2.86. The number of rotatable bonds is 3. The molecule has 4 nitrogen and oxygen atoms in total. The second-order valence-corrected chi connectivity index (χ2v) is 7.09. The number of benzene rings is 1. The van der Waals surface area contributed by atoms with Crippen molar-refractivity contribution in [3.05, 3.63) is 41.3 Å². The summed E-state index contributed by atoms with van der Waals surface area (Å²) in [7, 11) is -1.96. The number of hydrogen-bond acceptors (Lipinski definition) is 4. The molecule has 2 N–H and O–H groups in total. The molecule has 18 heavy (non-hydrogen) atoms. The van der Waals surface area contributed by atoms with Crippen molar-refractivity contribution in [1.29, 1.82) is 0 Å². The van der Waals surface area contributed by atoms with Crippen LogP contribution in [0.2, 0.25) is 0 Å². The predicted molar refractivity (Wildman–Crippen MR) is 75.5 cm³/mol. The molecular formula is C12H14N2O2S2. The average molecular weight is 282 g/mol. The zero-order valence-electron chi connectivity index (χ0n) is 10.1. The molecule has 0 unspecified atom stereocenters. The minimum Gasteiger partial charge on any atom is -0.398 e. The fourth-order valence-electron chi connectivity index (χ4n) is 1.51. The van der Waals surface area contributed by atoms with Gasteiger partial charge in [-0.15, -0.1) is 11.3 Å². The van der Waals surface area contributed by atoms with Crippen molar-refractivity contribution in [1.82, 2.24) is 0 Å². The minimum absolute atomic E-state index is 0.323. The molecule has 0 aliphatic rings. The van der Waals surface area contributed by atoms with E-state index in [1.807, 2.05) is 13.0 Å². The standard InChI is InChI=1S/C12H14N2O2S2/c1-9-5-6-10(8-11(9)13)14(2)18(15,16)12-4-3-7-17-12/h3-8H,13H2,1-2H3. The van der Waals surface area contributed by atoms with Gasteiger partial charge in [0.1, 0.15) is 4.21 Å². The lowest BCUT2D eigenvalue weighted by molar-refractivity contribution is 0.596. The molecule has 0 saturated carbocycles. The second-order valence-electron chi connectivity index (χ2n) is 3.95. The van der Waals surface area contributed by atoms with E-state index in [1.54, 1.807) is 29.6 Å². The number of aryl methyl sites for hydroxylation is 1.